The first kappa shape index (κ1) is 16.3. The summed E-state index contributed by atoms with van der Waals surface area (Å²) in [4.78, 5) is 4.40. The molecule has 1 fully saturated rings. The fourth-order valence-corrected chi connectivity index (χ4v) is 4.09. The Hall–Kier alpha value is -1.54. The van der Waals surface area contributed by atoms with E-state index in [1.54, 1.807) is 13.2 Å². The van der Waals surface area contributed by atoms with E-state index in [9.17, 15) is 8.42 Å². The first-order valence-electron chi connectivity index (χ1n) is 7.63. The lowest BCUT2D eigenvalue weighted by molar-refractivity contribution is 0.122. The van der Waals surface area contributed by atoms with Gasteiger partial charge in [0.2, 0.25) is 10.0 Å². The third-order valence-corrected chi connectivity index (χ3v) is 5.60. The van der Waals surface area contributed by atoms with Crippen molar-refractivity contribution in [2.24, 2.45) is 0 Å². The summed E-state index contributed by atoms with van der Waals surface area (Å²) in [6.07, 6.45) is 3.30. The highest BCUT2D eigenvalue weighted by Gasteiger charge is 2.34. The zero-order valence-electron chi connectivity index (χ0n) is 13.1. The monoisotopic (exact) mass is 335 g/mol. The van der Waals surface area contributed by atoms with Crippen molar-refractivity contribution < 1.29 is 13.2 Å². The smallest absolute Gasteiger partial charge is 0.242 e. The summed E-state index contributed by atoms with van der Waals surface area (Å²) >= 11 is 0. The standard InChI is InChI=1S/C16H21N3O3S/c1-22-12-16(7-4-8-18-16)11-19-23(20,21)14-9-13-5-2-3-6-15(13)17-10-14/h2-3,5-6,9-10,18-19H,4,7-8,11-12H2,1H3. The third kappa shape index (κ3) is 3.53. The Balaban J connectivity index is 1.80. The molecule has 124 valence electrons. The Labute approximate surface area is 136 Å². The van der Waals surface area contributed by atoms with Gasteiger partial charge >= 0.3 is 0 Å². The maximum absolute atomic E-state index is 12.6. The van der Waals surface area contributed by atoms with Crippen LogP contribution in [-0.4, -0.2) is 45.7 Å². The molecule has 23 heavy (non-hydrogen) atoms. The summed E-state index contributed by atoms with van der Waals surface area (Å²) in [5.41, 5.74) is 0.450. The minimum atomic E-state index is -3.60. The molecule has 2 aromatic rings. The van der Waals surface area contributed by atoms with Gasteiger partial charge in [-0.25, -0.2) is 13.1 Å². The predicted molar refractivity (Wildman–Crippen MR) is 88.8 cm³/mol. The topological polar surface area (TPSA) is 80.3 Å². The minimum Gasteiger partial charge on any atom is -0.383 e. The largest absolute Gasteiger partial charge is 0.383 e. The van der Waals surface area contributed by atoms with E-state index in [1.807, 2.05) is 24.3 Å². The summed E-state index contributed by atoms with van der Waals surface area (Å²) in [5, 5.41) is 4.16. The number of nitrogens with one attached hydrogen (secondary N) is 2. The van der Waals surface area contributed by atoms with E-state index in [0.29, 0.717) is 13.2 Å². The average Bonchev–Trinajstić information content (AvgIpc) is 3.02. The molecular weight excluding hydrogens is 314 g/mol. The first-order chi connectivity index (χ1) is 11.0. The van der Waals surface area contributed by atoms with Crippen LogP contribution in [0.4, 0.5) is 0 Å². The van der Waals surface area contributed by atoms with Crippen LogP contribution in [0.1, 0.15) is 12.8 Å². The van der Waals surface area contributed by atoms with Gasteiger partial charge in [0.1, 0.15) is 4.90 Å². The van der Waals surface area contributed by atoms with Crippen molar-refractivity contribution in [2.75, 3.05) is 26.8 Å². The quantitative estimate of drug-likeness (QED) is 0.831. The fraction of sp³-hybridized carbons (Fsp3) is 0.438. The maximum Gasteiger partial charge on any atom is 0.242 e. The third-order valence-electron chi connectivity index (χ3n) is 4.23. The van der Waals surface area contributed by atoms with Crippen molar-refractivity contribution in [1.82, 2.24) is 15.0 Å². The second kappa shape index (κ2) is 6.52. The van der Waals surface area contributed by atoms with Gasteiger partial charge in [-0.2, -0.15) is 0 Å². The van der Waals surface area contributed by atoms with Crippen LogP contribution in [0.25, 0.3) is 10.9 Å². The van der Waals surface area contributed by atoms with Crippen molar-refractivity contribution in [3.63, 3.8) is 0 Å². The highest BCUT2D eigenvalue weighted by atomic mass is 32.2. The number of ether oxygens (including phenoxy) is 1. The summed E-state index contributed by atoms with van der Waals surface area (Å²) in [7, 11) is -1.98. The van der Waals surface area contributed by atoms with E-state index in [4.69, 9.17) is 4.74 Å². The normalized spacial score (nSPS) is 21.8. The molecule has 2 heterocycles. The molecule has 1 saturated heterocycles. The van der Waals surface area contributed by atoms with Gasteiger partial charge in [0.05, 0.1) is 17.7 Å². The average molecular weight is 335 g/mol. The molecule has 6 nitrogen and oxygen atoms in total. The molecule has 0 bridgehead atoms. The Morgan fingerprint density at radius 1 is 1.39 bits per heavy atom. The van der Waals surface area contributed by atoms with Gasteiger partial charge in [0, 0.05) is 25.2 Å². The molecule has 2 N–H and O–H groups in total. The van der Waals surface area contributed by atoms with Crippen molar-refractivity contribution in [3.8, 4) is 0 Å². The van der Waals surface area contributed by atoms with Crippen LogP contribution in [0.2, 0.25) is 0 Å². The first-order valence-corrected chi connectivity index (χ1v) is 9.11. The highest BCUT2D eigenvalue weighted by Crippen LogP contribution is 2.21. The Kier molecular flexibility index (Phi) is 4.63. The van der Waals surface area contributed by atoms with Crippen LogP contribution in [0.5, 0.6) is 0 Å². The minimum absolute atomic E-state index is 0.182. The van der Waals surface area contributed by atoms with Crippen molar-refractivity contribution in [2.45, 2.75) is 23.3 Å². The summed E-state index contributed by atoms with van der Waals surface area (Å²) in [6.45, 7) is 1.66. The molecule has 7 heteroatoms. The summed E-state index contributed by atoms with van der Waals surface area (Å²) in [6, 6.07) is 9.10. The number of para-hydroxylation sites is 1. The number of hydrogen-bond acceptors (Lipinski definition) is 5. The van der Waals surface area contributed by atoms with E-state index >= 15 is 0 Å². The molecule has 1 unspecified atom stereocenters. The van der Waals surface area contributed by atoms with E-state index in [0.717, 1.165) is 30.3 Å². The maximum atomic E-state index is 12.6. The van der Waals surface area contributed by atoms with Crippen LogP contribution in [0.15, 0.2) is 41.4 Å². The van der Waals surface area contributed by atoms with Crippen molar-refractivity contribution in [3.05, 3.63) is 36.5 Å². The molecule has 1 aliphatic rings. The summed E-state index contributed by atoms with van der Waals surface area (Å²) in [5.74, 6) is 0. The SMILES string of the molecule is COCC1(CNS(=O)(=O)c2cnc3ccccc3c2)CCCN1. The molecule has 0 saturated carbocycles. The molecule has 0 radical (unpaired) electrons. The molecule has 0 amide bonds. The van der Waals surface area contributed by atoms with Crippen LogP contribution in [0, 0.1) is 0 Å². The molecule has 3 rings (SSSR count). The molecule has 0 spiro atoms. The Bertz CT molecular complexity index is 786. The lowest BCUT2D eigenvalue weighted by atomic mass is 9.99. The van der Waals surface area contributed by atoms with Crippen molar-refractivity contribution >= 4 is 20.9 Å². The number of rotatable bonds is 6. The fourth-order valence-electron chi connectivity index (χ4n) is 2.98. The second-order valence-electron chi connectivity index (χ2n) is 5.93. The van der Waals surface area contributed by atoms with Gasteiger partial charge in [-0.15, -0.1) is 0 Å². The number of methoxy groups -OCH3 is 1. The Morgan fingerprint density at radius 2 is 2.22 bits per heavy atom. The highest BCUT2D eigenvalue weighted by molar-refractivity contribution is 7.89. The Morgan fingerprint density at radius 3 is 2.96 bits per heavy atom. The van der Waals surface area contributed by atoms with Gasteiger partial charge in [-0.05, 0) is 31.5 Å². The van der Waals surface area contributed by atoms with Crippen molar-refractivity contribution in [1.29, 1.82) is 0 Å². The number of pyridine rings is 1. The zero-order valence-corrected chi connectivity index (χ0v) is 13.9. The van der Waals surface area contributed by atoms with Crippen LogP contribution in [-0.2, 0) is 14.8 Å². The van der Waals surface area contributed by atoms with E-state index in [2.05, 4.69) is 15.0 Å². The molecule has 0 aliphatic carbocycles. The number of aromatic nitrogens is 1. The van der Waals surface area contributed by atoms with E-state index in [-0.39, 0.29) is 10.4 Å². The zero-order chi connectivity index (χ0) is 16.3. The second-order valence-corrected chi connectivity index (χ2v) is 7.70. The molecule has 1 aromatic heterocycles. The molecule has 1 atom stereocenters. The lowest BCUT2D eigenvalue weighted by Gasteiger charge is -2.28. The number of nitrogens with zero attached hydrogens (tertiary/aromatic N) is 1. The number of fused-ring (bicyclic) bond motifs is 1. The van der Waals surface area contributed by atoms with Crippen LogP contribution >= 0.6 is 0 Å². The lowest BCUT2D eigenvalue weighted by Crippen LogP contribution is -2.52. The molecular formula is C16H21N3O3S. The van der Waals surface area contributed by atoms with Gasteiger partial charge in [0.15, 0.2) is 0 Å². The molecule has 1 aromatic carbocycles. The van der Waals surface area contributed by atoms with Gasteiger partial charge < -0.3 is 10.1 Å². The summed E-state index contributed by atoms with van der Waals surface area (Å²) < 4.78 is 33.1. The number of sulfonamides is 1. The van der Waals surface area contributed by atoms with Gasteiger partial charge in [-0.1, -0.05) is 18.2 Å². The van der Waals surface area contributed by atoms with Crippen LogP contribution < -0.4 is 10.0 Å². The van der Waals surface area contributed by atoms with E-state index < -0.39 is 10.0 Å². The predicted octanol–water partition coefficient (Wildman–Crippen LogP) is 1.28. The van der Waals surface area contributed by atoms with Gasteiger partial charge in [-0.3, -0.25) is 4.98 Å². The number of benzene rings is 1. The number of hydrogen-bond donors (Lipinski definition) is 2. The molecule has 1 aliphatic heterocycles. The van der Waals surface area contributed by atoms with E-state index in [1.165, 1.54) is 6.20 Å². The van der Waals surface area contributed by atoms with Crippen LogP contribution in [0.3, 0.4) is 0 Å². The van der Waals surface area contributed by atoms with Gasteiger partial charge in [0.25, 0.3) is 0 Å².